The van der Waals surface area contributed by atoms with Gasteiger partial charge < -0.3 is 38.8 Å². The Bertz CT molecular complexity index is 1140. The topological polar surface area (TPSA) is 152 Å². The summed E-state index contributed by atoms with van der Waals surface area (Å²) in [6.45, 7) is 5.01. The number of aliphatic hydroxyl groups excluding tert-OH is 2. The zero-order valence-electron chi connectivity index (χ0n) is 25.8. The van der Waals surface area contributed by atoms with E-state index in [0.717, 1.165) is 0 Å². The Morgan fingerprint density at radius 3 is 2.60 bits per heavy atom. The number of amides is 2. The van der Waals surface area contributed by atoms with Crippen molar-refractivity contribution in [3.63, 3.8) is 0 Å². The molecule has 2 amide bonds. The number of hydrogen-bond donors (Lipinski definition) is 2. The molecule has 3 heterocycles. The molecule has 1 aliphatic heterocycles. The normalized spacial score (nSPS) is 22.9. The molecule has 1 aliphatic rings. The van der Waals surface area contributed by atoms with Crippen molar-refractivity contribution in [3.05, 3.63) is 24.4 Å². The molecule has 0 bridgehead atoms. The maximum absolute atomic E-state index is 13.9. The number of thioether (sulfide) groups is 1. The number of hydrogen-bond acceptors (Lipinski definition) is 11. The fraction of sp³-hybridized carbons (Fsp3) is 0.690. The van der Waals surface area contributed by atoms with E-state index in [0.29, 0.717) is 49.1 Å². The highest BCUT2D eigenvalue weighted by molar-refractivity contribution is 7.99. The van der Waals surface area contributed by atoms with Crippen molar-refractivity contribution in [1.82, 2.24) is 29.5 Å². The van der Waals surface area contributed by atoms with E-state index < -0.39 is 18.3 Å². The zero-order valence-corrected chi connectivity index (χ0v) is 26.6. The molecule has 43 heavy (non-hydrogen) atoms. The molecule has 0 aromatic carbocycles. The summed E-state index contributed by atoms with van der Waals surface area (Å²) in [7, 11) is 4.71. The van der Waals surface area contributed by atoms with Crippen molar-refractivity contribution >= 4 is 23.6 Å². The van der Waals surface area contributed by atoms with Gasteiger partial charge in [-0.15, -0.1) is 10.2 Å². The molecule has 0 spiro atoms. The molecule has 2 aromatic rings. The van der Waals surface area contributed by atoms with Gasteiger partial charge >= 0.3 is 0 Å². The van der Waals surface area contributed by atoms with Crippen LogP contribution in [0.3, 0.4) is 0 Å². The summed E-state index contributed by atoms with van der Waals surface area (Å²) in [6.07, 6.45) is 0.360. The number of rotatable bonds is 9. The Balaban J connectivity index is 1.86. The highest BCUT2D eigenvalue weighted by atomic mass is 32.2. The molecule has 14 heteroatoms. The maximum Gasteiger partial charge on any atom is 0.248 e. The van der Waals surface area contributed by atoms with E-state index >= 15 is 0 Å². The number of ether oxygens (including phenoxy) is 3. The summed E-state index contributed by atoms with van der Waals surface area (Å²) >= 11 is 1.30. The Morgan fingerprint density at radius 2 is 1.93 bits per heavy atom. The molecule has 0 radical (unpaired) electrons. The van der Waals surface area contributed by atoms with Gasteiger partial charge in [0.1, 0.15) is 30.6 Å². The van der Waals surface area contributed by atoms with Crippen LogP contribution in [0.25, 0.3) is 11.5 Å². The van der Waals surface area contributed by atoms with Gasteiger partial charge in [-0.3, -0.25) is 14.6 Å². The number of pyridine rings is 1. The third-order valence-corrected chi connectivity index (χ3v) is 8.32. The van der Waals surface area contributed by atoms with Gasteiger partial charge in [-0.2, -0.15) is 0 Å². The minimum atomic E-state index is -1.27. The third-order valence-electron chi connectivity index (χ3n) is 7.31. The number of carbonyl (C=O) groups excluding carboxylic acids is 2. The minimum absolute atomic E-state index is 0.0114. The monoisotopic (exact) mass is 622 g/mol. The van der Waals surface area contributed by atoms with Crippen LogP contribution < -0.4 is 0 Å². The number of carbonyl (C=O) groups is 2. The molecule has 240 valence electrons. The largest absolute Gasteiger partial charge is 0.388 e. The fourth-order valence-corrected chi connectivity index (χ4v) is 5.84. The van der Waals surface area contributed by atoms with E-state index in [9.17, 15) is 19.8 Å². The lowest BCUT2D eigenvalue weighted by atomic mass is 10.00. The van der Waals surface area contributed by atoms with Crippen molar-refractivity contribution < 1.29 is 34.0 Å². The van der Waals surface area contributed by atoms with Gasteiger partial charge in [0.05, 0.1) is 12.4 Å². The molecular weight excluding hydrogens is 576 g/mol. The summed E-state index contributed by atoms with van der Waals surface area (Å²) in [5.74, 6) is 0.602. The average molecular weight is 623 g/mol. The Hall–Kier alpha value is -2.62. The average Bonchev–Trinajstić information content (AvgIpc) is 3.36. The molecule has 4 atom stereocenters. The van der Waals surface area contributed by atoms with Gasteiger partial charge in [0.2, 0.25) is 11.8 Å². The van der Waals surface area contributed by atoms with Crippen molar-refractivity contribution in [2.45, 2.75) is 62.6 Å². The summed E-state index contributed by atoms with van der Waals surface area (Å²) in [5.41, 5.74) is 0.692. The molecule has 13 nitrogen and oxygen atoms in total. The van der Waals surface area contributed by atoms with Crippen molar-refractivity contribution in [3.8, 4) is 11.5 Å². The molecule has 1 fully saturated rings. The third kappa shape index (κ3) is 10.2. The van der Waals surface area contributed by atoms with Gasteiger partial charge in [0.25, 0.3) is 0 Å². The van der Waals surface area contributed by atoms with Gasteiger partial charge in [-0.05, 0) is 37.3 Å². The molecule has 3 rings (SSSR count). The lowest BCUT2D eigenvalue weighted by molar-refractivity contribution is -0.145. The van der Waals surface area contributed by atoms with E-state index in [1.165, 1.54) is 26.0 Å². The van der Waals surface area contributed by atoms with Gasteiger partial charge in [-0.25, -0.2) is 0 Å². The second kappa shape index (κ2) is 17.6. The molecule has 2 aromatic heterocycles. The Labute approximate surface area is 257 Å². The number of aromatic nitrogens is 4. The van der Waals surface area contributed by atoms with E-state index in [1.807, 2.05) is 34.7 Å². The van der Waals surface area contributed by atoms with Crippen molar-refractivity contribution in [2.75, 3.05) is 59.4 Å². The van der Waals surface area contributed by atoms with Crippen molar-refractivity contribution in [2.24, 2.45) is 13.0 Å². The van der Waals surface area contributed by atoms with Crippen LogP contribution in [-0.4, -0.2) is 135 Å². The SMILES string of the molecule is COCC(=O)N1C[C@H](CC(C)C)N(C(=O)CSc2nnc(-c3ccccn3)n2C)CCCCOC[C@@H](O)[C@@H](O)[C@H](OC)C1. The lowest BCUT2D eigenvalue weighted by Crippen LogP contribution is -2.54. The predicted molar refractivity (Wildman–Crippen MR) is 161 cm³/mol. The molecule has 0 saturated carbocycles. The summed E-state index contributed by atoms with van der Waals surface area (Å²) in [6, 6.07) is 5.27. The zero-order chi connectivity index (χ0) is 31.4. The van der Waals surface area contributed by atoms with E-state index in [1.54, 1.807) is 11.1 Å². The molecular formula is C29H46N6O7S. The molecule has 1 saturated heterocycles. The van der Waals surface area contributed by atoms with Gasteiger partial charge in [0.15, 0.2) is 11.0 Å². The number of nitrogens with zero attached hydrogens (tertiary/aromatic N) is 6. The van der Waals surface area contributed by atoms with E-state index in [-0.39, 0.29) is 55.8 Å². The molecule has 0 unspecified atom stereocenters. The van der Waals surface area contributed by atoms with Crippen LogP contribution in [0, 0.1) is 5.92 Å². The lowest BCUT2D eigenvalue weighted by Gasteiger charge is -2.38. The summed E-state index contributed by atoms with van der Waals surface area (Å²) < 4.78 is 18.1. The number of methoxy groups -OCH3 is 2. The maximum atomic E-state index is 13.9. The van der Waals surface area contributed by atoms with Crippen LogP contribution >= 0.6 is 11.8 Å². The Morgan fingerprint density at radius 1 is 1.14 bits per heavy atom. The first kappa shape index (κ1) is 34.9. The standard InChI is InChI=1S/C29H46N6O7S/c1-20(2)14-21-15-34(25(37)18-40-4)16-24(41-5)27(39)23(36)17-42-13-9-8-12-35(21)26(38)19-43-29-32-31-28(33(29)3)22-10-6-7-11-30-22/h6-7,10-11,20-21,23-24,27,36,39H,8-9,12-19H2,1-5H3/t21-,23+,24+,27+/m0/s1. The van der Waals surface area contributed by atoms with E-state index in [4.69, 9.17) is 14.2 Å². The highest BCUT2D eigenvalue weighted by Crippen LogP contribution is 2.23. The van der Waals surface area contributed by atoms with Gasteiger partial charge in [0, 0.05) is 59.7 Å². The number of aliphatic hydroxyl groups is 2. The first-order valence-electron chi connectivity index (χ1n) is 14.6. The second-order valence-corrected chi connectivity index (χ2v) is 12.0. The van der Waals surface area contributed by atoms with Crippen LogP contribution in [0.4, 0.5) is 0 Å². The van der Waals surface area contributed by atoms with Crippen LogP contribution in [0.1, 0.15) is 33.1 Å². The predicted octanol–water partition coefficient (Wildman–Crippen LogP) is 1.23. The minimum Gasteiger partial charge on any atom is -0.388 e. The summed E-state index contributed by atoms with van der Waals surface area (Å²) in [5, 5.41) is 30.4. The fourth-order valence-electron chi connectivity index (χ4n) is 5.05. The molecule has 0 aliphatic carbocycles. The van der Waals surface area contributed by atoms with Crippen molar-refractivity contribution in [1.29, 1.82) is 0 Å². The van der Waals surface area contributed by atoms with E-state index in [2.05, 4.69) is 29.0 Å². The Kier molecular flexibility index (Phi) is 14.3. The van der Waals surface area contributed by atoms with Gasteiger partial charge in [-0.1, -0.05) is 31.7 Å². The smallest absolute Gasteiger partial charge is 0.248 e. The molecule has 2 N–H and O–H groups in total. The van der Waals surface area contributed by atoms with Crippen LogP contribution in [0.5, 0.6) is 0 Å². The van der Waals surface area contributed by atoms with Crippen LogP contribution in [-0.2, 0) is 30.8 Å². The summed E-state index contributed by atoms with van der Waals surface area (Å²) in [4.78, 5) is 34.9. The van der Waals surface area contributed by atoms with Crippen LogP contribution in [0.15, 0.2) is 29.6 Å². The quantitative estimate of drug-likeness (QED) is 0.389. The van der Waals surface area contributed by atoms with Crippen LogP contribution in [0.2, 0.25) is 0 Å². The second-order valence-electron chi connectivity index (χ2n) is 11.1. The first-order valence-corrected chi connectivity index (χ1v) is 15.6. The first-order chi connectivity index (χ1) is 20.7. The highest BCUT2D eigenvalue weighted by Gasteiger charge is 2.33.